The van der Waals surface area contributed by atoms with Gasteiger partial charge in [0.05, 0.1) is 18.7 Å². The topological polar surface area (TPSA) is 86.2 Å². The van der Waals surface area contributed by atoms with Gasteiger partial charge in [-0.15, -0.1) is 0 Å². The van der Waals surface area contributed by atoms with Crippen molar-refractivity contribution in [2.45, 2.75) is 19.3 Å². The molecule has 0 aliphatic rings. The number of benzene rings is 1. The molecule has 0 aliphatic carbocycles. The maximum Gasteiger partial charge on any atom is 0.374 e. The molecule has 1 atom stereocenters. The first-order chi connectivity index (χ1) is 11.1. The lowest BCUT2D eigenvalue weighted by Gasteiger charge is -2.14. The molecule has 2 rings (SSSR count). The standard InChI is InChI=1S/C17H16N2O4/c1-2-23-17(22)15(20)10-13(12-6-4-3-5-7-12)16(21)14-11-18-8-9-19-14/h3-9,11,13H,2,10H2,1H3/t13-/m1/s1. The van der Waals surface area contributed by atoms with Gasteiger partial charge in [-0.05, 0) is 12.5 Å². The molecule has 0 bridgehead atoms. The first-order valence-corrected chi connectivity index (χ1v) is 7.18. The van der Waals surface area contributed by atoms with Gasteiger partial charge in [0.15, 0.2) is 5.78 Å². The monoisotopic (exact) mass is 312 g/mol. The van der Waals surface area contributed by atoms with E-state index in [1.54, 1.807) is 37.3 Å². The summed E-state index contributed by atoms with van der Waals surface area (Å²) in [6, 6.07) is 8.80. The molecule has 0 saturated heterocycles. The van der Waals surface area contributed by atoms with Gasteiger partial charge < -0.3 is 4.74 Å². The number of ether oxygens (including phenoxy) is 1. The maximum atomic E-state index is 12.7. The maximum absolute atomic E-state index is 12.7. The molecule has 0 saturated carbocycles. The predicted molar refractivity (Wildman–Crippen MR) is 81.8 cm³/mol. The van der Waals surface area contributed by atoms with Crippen LogP contribution in [0.5, 0.6) is 0 Å². The van der Waals surface area contributed by atoms with Crippen molar-refractivity contribution in [2.24, 2.45) is 0 Å². The summed E-state index contributed by atoms with van der Waals surface area (Å²) in [5.41, 5.74) is 0.791. The number of esters is 1. The van der Waals surface area contributed by atoms with Crippen LogP contribution in [0.3, 0.4) is 0 Å². The van der Waals surface area contributed by atoms with Gasteiger partial charge in [0.2, 0.25) is 5.78 Å². The van der Waals surface area contributed by atoms with E-state index in [2.05, 4.69) is 9.97 Å². The highest BCUT2D eigenvalue weighted by molar-refractivity contribution is 6.34. The van der Waals surface area contributed by atoms with Gasteiger partial charge >= 0.3 is 5.97 Å². The number of aromatic nitrogens is 2. The minimum Gasteiger partial charge on any atom is -0.460 e. The Bertz CT molecular complexity index is 686. The van der Waals surface area contributed by atoms with Crippen molar-refractivity contribution >= 4 is 17.5 Å². The number of hydrogen-bond acceptors (Lipinski definition) is 6. The van der Waals surface area contributed by atoms with Crippen molar-refractivity contribution in [1.29, 1.82) is 0 Å². The van der Waals surface area contributed by atoms with Gasteiger partial charge in [-0.3, -0.25) is 14.6 Å². The van der Waals surface area contributed by atoms with Gasteiger partial charge in [-0.2, -0.15) is 0 Å². The summed E-state index contributed by atoms with van der Waals surface area (Å²) in [6.07, 6.45) is 3.94. The molecular formula is C17H16N2O4. The van der Waals surface area contributed by atoms with E-state index < -0.39 is 17.7 Å². The molecule has 2 aromatic rings. The van der Waals surface area contributed by atoms with E-state index in [-0.39, 0.29) is 24.5 Å². The Morgan fingerprint density at radius 1 is 1.13 bits per heavy atom. The molecule has 0 amide bonds. The quantitative estimate of drug-likeness (QED) is 0.441. The summed E-state index contributed by atoms with van der Waals surface area (Å²) in [6.45, 7) is 1.73. The van der Waals surface area contributed by atoms with Crippen molar-refractivity contribution < 1.29 is 19.1 Å². The van der Waals surface area contributed by atoms with E-state index in [0.717, 1.165) is 0 Å². The number of Topliss-reactive ketones (excluding diaryl/α,β-unsaturated/α-hetero) is 2. The lowest BCUT2D eigenvalue weighted by Crippen LogP contribution is -2.24. The zero-order valence-electron chi connectivity index (χ0n) is 12.6. The molecule has 6 heteroatoms. The number of nitrogens with zero attached hydrogens (tertiary/aromatic N) is 2. The zero-order valence-corrected chi connectivity index (χ0v) is 12.6. The molecule has 0 fully saturated rings. The molecule has 0 radical (unpaired) electrons. The molecule has 1 aromatic heterocycles. The van der Waals surface area contributed by atoms with Gasteiger partial charge in [-0.1, -0.05) is 30.3 Å². The molecular weight excluding hydrogens is 296 g/mol. The summed E-state index contributed by atoms with van der Waals surface area (Å²) in [7, 11) is 0. The van der Waals surface area contributed by atoms with E-state index in [9.17, 15) is 14.4 Å². The fourth-order valence-electron chi connectivity index (χ4n) is 2.13. The third-order valence-electron chi connectivity index (χ3n) is 3.23. The highest BCUT2D eigenvalue weighted by atomic mass is 16.5. The van der Waals surface area contributed by atoms with Crippen molar-refractivity contribution in [3.8, 4) is 0 Å². The SMILES string of the molecule is CCOC(=O)C(=O)C[C@@H](C(=O)c1cnccn1)c1ccccc1. The first kappa shape index (κ1) is 16.5. The molecule has 0 spiro atoms. The van der Waals surface area contributed by atoms with E-state index >= 15 is 0 Å². The smallest absolute Gasteiger partial charge is 0.374 e. The highest BCUT2D eigenvalue weighted by Gasteiger charge is 2.29. The zero-order chi connectivity index (χ0) is 16.7. The second kappa shape index (κ2) is 7.93. The normalized spacial score (nSPS) is 11.5. The van der Waals surface area contributed by atoms with Crippen molar-refractivity contribution in [3.63, 3.8) is 0 Å². The molecule has 1 heterocycles. The summed E-state index contributed by atoms with van der Waals surface area (Å²) >= 11 is 0. The summed E-state index contributed by atoms with van der Waals surface area (Å²) in [5.74, 6) is -2.83. The Morgan fingerprint density at radius 2 is 1.87 bits per heavy atom. The van der Waals surface area contributed by atoms with Crippen molar-refractivity contribution in [1.82, 2.24) is 9.97 Å². The van der Waals surface area contributed by atoms with E-state index in [1.807, 2.05) is 0 Å². The first-order valence-electron chi connectivity index (χ1n) is 7.18. The van der Waals surface area contributed by atoms with Crippen molar-refractivity contribution in [3.05, 3.63) is 60.2 Å². The van der Waals surface area contributed by atoms with Crippen molar-refractivity contribution in [2.75, 3.05) is 6.61 Å². The Kier molecular flexibility index (Phi) is 5.68. The molecule has 0 N–H and O–H groups in total. The van der Waals surface area contributed by atoms with Crippen LogP contribution in [-0.4, -0.2) is 34.1 Å². The number of hydrogen-bond donors (Lipinski definition) is 0. The van der Waals surface area contributed by atoms with Gasteiger partial charge in [-0.25, -0.2) is 9.78 Å². The highest BCUT2D eigenvalue weighted by Crippen LogP contribution is 2.24. The van der Waals surface area contributed by atoms with Crippen LogP contribution in [0.1, 0.15) is 35.3 Å². The van der Waals surface area contributed by atoms with Crippen LogP contribution < -0.4 is 0 Å². The second-order valence-corrected chi connectivity index (χ2v) is 4.77. The predicted octanol–water partition coefficient (Wildman–Crippen LogP) is 1.97. The Labute approximate surface area is 133 Å². The fourth-order valence-corrected chi connectivity index (χ4v) is 2.13. The van der Waals surface area contributed by atoms with Gasteiger partial charge in [0.1, 0.15) is 5.69 Å². The molecule has 0 unspecified atom stereocenters. The Balaban J connectivity index is 2.28. The average molecular weight is 312 g/mol. The van der Waals surface area contributed by atoms with Crippen LogP contribution in [0.4, 0.5) is 0 Å². The number of carbonyl (C=O) groups excluding carboxylic acids is 3. The van der Waals surface area contributed by atoms with Crippen LogP contribution in [-0.2, 0) is 14.3 Å². The number of carbonyl (C=O) groups is 3. The molecule has 23 heavy (non-hydrogen) atoms. The van der Waals surface area contributed by atoms with Crippen LogP contribution >= 0.6 is 0 Å². The molecule has 6 nitrogen and oxygen atoms in total. The Hall–Kier alpha value is -2.89. The summed E-state index contributed by atoms with van der Waals surface area (Å²) in [4.78, 5) is 44.0. The fraction of sp³-hybridized carbons (Fsp3) is 0.235. The minimum absolute atomic E-state index is 0.110. The largest absolute Gasteiger partial charge is 0.460 e. The number of rotatable bonds is 7. The molecule has 0 aliphatic heterocycles. The summed E-state index contributed by atoms with van der Waals surface area (Å²) in [5, 5.41) is 0. The van der Waals surface area contributed by atoms with Crippen LogP contribution in [0.2, 0.25) is 0 Å². The van der Waals surface area contributed by atoms with Crippen LogP contribution in [0, 0.1) is 0 Å². The van der Waals surface area contributed by atoms with Gasteiger partial charge in [0, 0.05) is 18.8 Å². The third-order valence-corrected chi connectivity index (χ3v) is 3.23. The molecule has 1 aromatic carbocycles. The van der Waals surface area contributed by atoms with Crippen LogP contribution in [0.25, 0.3) is 0 Å². The second-order valence-electron chi connectivity index (χ2n) is 4.77. The third kappa shape index (κ3) is 4.29. The Morgan fingerprint density at radius 3 is 2.48 bits per heavy atom. The lowest BCUT2D eigenvalue weighted by molar-refractivity contribution is -0.153. The summed E-state index contributed by atoms with van der Waals surface area (Å²) < 4.78 is 4.70. The lowest BCUT2D eigenvalue weighted by atomic mass is 9.88. The molecule has 118 valence electrons. The average Bonchev–Trinajstić information content (AvgIpc) is 2.60. The minimum atomic E-state index is -0.930. The van der Waals surface area contributed by atoms with Gasteiger partial charge in [0.25, 0.3) is 0 Å². The number of ketones is 2. The van der Waals surface area contributed by atoms with Crippen LogP contribution in [0.15, 0.2) is 48.9 Å². The van der Waals surface area contributed by atoms with E-state index in [0.29, 0.717) is 5.56 Å². The van der Waals surface area contributed by atoms with E-state index in [4.69, 9.17) is 4.74 Å². The van der Waals surface area contributed by atoms with E-state index in [1.165, 1.54) is 18.6 Å².